The topological polar surface area (TPSA) is 111 Å². The van der Waals surface area contributed by atoms with Crippen LogP contribution in [0.1, 0.15) is 0 Å². The first kappa shape index (κ1) is 17.9. The van der Waals surface area contributed by atoms with Crippen LogP contribution in [0.5, 0.6) is 0 Å². The van der Waals surface area contributed by atoms with Crippen molar-refractivity contribution >= 4 is 23.0 Å². The number of aryl methyl sites for hydroxylation is 1. The fourth-order valence-corrected chi connectivity index (χ4v) is 3.37. The summed E-state index contributed by atoms with van der Waals surface area (Å²) in [7, 11) is 2.96. The van der Waals surface area contributed by atoms with E-state index >= 15 is 0 Å². The fraction of sp³-hybridized carbons (Fsp3) is 0.412. The van der Waals surface area contributed by atoms with E-state index in [1.54, 1.807) is 30.4 Å². The third kappa shape index (κ3) is 2.94. The Morgan fingerprint density at radius 3 is 2.36 bits per heavy atom. The molecule has 0 unspecified atom stereocenters. The highest BCUT2D eigenvalue weighted by molar-refractivity contribution is 5.79. The molecule has 1 amide bonds. The van der Waals surface area contributed by atoms with Crippen molar-refractivity contribution < 1.29 is 4.79 Å². The quantitative estimate of drug-likeness (QED) is 0.544. The zero-order chi connectivity index (χ0) is 19.8. The summed E-state index contributed by atoms with van der Waals surface area (Å²) in [6.07, 6.45) is 4.81. The summed E-state index contributed by atoms with van der Waals surface area (Å²) in [6, 6.07) is 1.76. The molecule has 1 fully saturated rings. The molecule has 11 nitrogen and oxygen atoms in total. The highest BCUT2D eigenvalue weighted by Crippen LogP contribution is 2.11. The maximum atomic E-state index is 12.8. The monoisotopic (exact) mass is 384 g/mol. The fourth-order valence-electron chi connectivity index (χ4n) is 3.37. The maximum Gasteiger partial charge on any atom is 0.332 e. The van der Waals surface area contributed by atoms with Crippen molar-refractivity contribution in [2.75, 3.05) is 31.1 Å². The van der Waals surface area contributed by atoms with Crippen molar-refractivity contribution in [1.82, 2.24) is 33.6 Å². The number of hydrogen-bond donors (Lipinski definition) is 0. The van der Waals surface area contributed by atoms with Crippen LogP contribution in [0.3, 0.4) is 0 Å². The van der Waals surface area contributed by atoms with Crippen LogP contribution in [0.25, 0.3) is 11.2 Å². The normalized spacial score (nSPS) is 14.6. The van der Waals surface area contributed by atoms with Gasteiger partial charge in [0, 0.05) is 52.7 Å². The summed E-state index contributed by atoms with van der Waals surface area (Å²) in [5.41, 5.74) is -0.399. The summed E-state index contributed by atoms with van der Waals surface area (Å²) >= 11 is 0. The van der Waals surface area contributed by atoms with Crippen molar-refractivity contribution in [3.05, 3.63) is 45.6 Å². The molecule has 4 heterocycles. The van der Waals surface area contributed by atoms with Crippen LogP contribution in [0.15, 0.2) is 34.4 Å². The maximum absolute atomic E-state index is 12.8. The molecule has 3 aromatic heterocycles. The number of imidazole rings is 1. The van der Waals surface area contributed by atoms with E-state index in [2.05, 4.69) is 15.0 Å². The lowest BCUT2D eigenvalue weighted by Crippen LogP contribution is -2.50. The number of anilines is 1. The second-order valence-corrected chi connectivity index (χ2v) is 6.67. The number of nitrogens with zero attached hydrogens (tertiary/aromatic N) is 8. The largest absolute Gasteiger partial charge is 0.338 e. The van der Waals surface area contributed by atoms with Gasteiger partial charge in [-0.3, -0.25) is 18.7 Å². The standard InChI is InChI=1S/C17H20N8O3/c1-21-14-13(15(27)22(2)17(21)28)25(11-20-14)10-12(26)23-6-8-24(9-7-23)16-18-4-3-5-19-16/h3-5,11H,6-10H2,1-2H3. The van der Waals surface area contributed by atoms with E-state index in [0.29, 0.717) is 32.1 Å². The van der Waals surface area contributed by atoms with E-state index in [9.17, 15) is 14.4 Å². The Morgan fingerprint density at radius 1 is 1.00 bits per heavy atom. The second-order valence-electron chi connectivity index (χ2n) is 6.67. The Kier molecular flexibility index (Phi) is 4.41. The van der Waals surface area contributed by atoms with Crippen molar-refractivity contribution in [3.63, 3.8) is 0 Å². The van der Waals surface area contributed by atoms with Crippen LogP contribution < -0.4 is 16.1 Å². The molecule has 28 heavy (non-hydrogen) atoms. The summed E-state index contributed by atoms with van der Waals surface area (Å²) < 4.78 is 3.83. The van der Waals surface area contributed by atoms with Gasteiger partial charge in [-0.05, 0) is 6.07 Å². The molecule has 3 aromatic rings. The van der Waals surface area contributed by atoms with E-state index in [1.807, 2.05) is 4.90 Å². The number of hydrogen-bond acceptors (Lipinski definition) is 7. The van der Waals surface area contributed by atoms with Crippen LogP contribution in [0, 0.1) is 0 Å². The first-order valence-electron chi connectivity index (χ1n) is 8.88. The molecule has 1 aliphatic heterocycles. The average Bonchev–Trinajstić information content (AvgIpc) is 3.15. The summed E-state index contributed by atoms with van der Waals surface area (Å²) in [5, 5.41) is 0. The molecule has 146 valence electrons. The number of aromatic nitrogens is 6. The Hall–Kier alpha value is -3.50. The first-order chi connectivity index (χ1) is 13.5. The lowest BCUT2D eigenvalue weighted by molar-refractivity contribution is -0.132. The third-order valence-electron chi connectivity index (χ3n) is 4.99. The molecule has 0 atom stereocenters. The summed E-state index contributed by atoms with van der Waals surface area (Å²) in [4.78, 5) is 53.6. The Bertz CT molecular complexity index is 1140. The molecule has 0 aliphatic carbocycles. The lowest BCUT2D eigenvalue weighted by Gasteiger charge is -2.34. The van der Waals surface area contributed by atoms with Gasteiger partial charge < -0.3 is 14.4 Å². The van der Waals surface area contributed by atoms with Gasteiger partial charge in [-0.25, -0.2) is 19.7 Å². The molecule has 1 aliphatic rings. The molecule has 0 aromatic carbocycles. The Morgan fingerprint density at radius 2 is 1.68 bits per heavy atom. The number of fused-ring (bicyclic) bond motifs is 1. The first-order valence-corrected chi connectivity index (χ1v) is 8.88. The van der Waals surface area contributed by atoms with Gasteiger partial charge in [0.1, 0.15) is 6.54 Å². The minimum Gasteiger partial charge on any atom is -0.338 e. The predicted molar refractivity (Wildman–Crippen MR) is 101 cm³/mol. The molecule has 1 saturated heterocycles. The van der Waals surface area contributed by atoms with Gasteiger partial charge in [-0.1, -0.05) is 0 Å². The molecule has 0 spiro atoms. The average molecular weight is 384 g/mol. The number of rotatable bonds is 3. The van der Waals surface area contributed by atoms with E-state index in [0.717, 1.165) is 4.57 Å². The van der Waals surface area contributed by atoms with Gasteiger partial charge in [-0.2, -0.15) is 0 Å². The molecule has 4 rings (SSSR count). The zero-order valence-electron chi connectivity index (χ0n) is 15.6. The number of piperazine rings is 1. The number of amides is 1. The van der Waals surface area contributed by atoms with E-state index in [4.69, 9.17) is 0 Å². The smallest absolute Gasteiger partial charge is 0.332 e. The van der Waals surface area contributed by atoms with Gasteiger partial charge >= 0.3 is 5.69 Å². The summed E-state index contributed by atoms with van der Waals surface area (Å²) in [5.74, 6) is 0.545. The van der Waals surface area contributed by atoms with Gasteiger partial charge in [-0.15, -0.1) is 0 Å². The minimum absolute atomic E-state index is 0.00815. The van der Waals surface area contributed by atoms with Crippen molar-refractivity contribution in [2.45, 2.75) is 6.54 Å². The van der Waals surface area contributed by atoms with E-state index in [-0.39, 0.29) is 23.6 Å². The van der Waals surface area contributed by atoms with Gasteiger partial charge in [0.25, 0.3) is 5.56 Å². The molecule has 0 N–H and O–H groups in total. The van der Waals surface area contributed by atoms with Crippen LogP contribution in [0.4, 0.5) is 5.95 Å². The third-order valence-corrected chi connectivity index (χ3v) is 4.99. The van der Waals surface area contributed by atoms with Gasteiger partial charge in [0.2, 0.25) is 11.9 Å². The van der Waals surface area contributed by atoms with Crippen LogP contribution >= 0.6 is 0 Å². The van der Waals surface area contributed by atoms with Crippen LogP contribution in [-0.2, 0) is 25.4 Å². The molecular weight excluding hydrogens is 364 g/mol. The summed E-state index contributed by atoms with van der Waals surface area (Å²) in [6.45, 7) is 2.35. The SMILES string of the molecule is Cn1c(=O)c2c(ncn2CC(=O)N2CCN(c3ncccn3)CC2)n(C)c1=O. The van der Waals surface area contributed by atoms with Gasteiger partial charge in [0.15, 0.2) is 11.2 Å². The Labute approximate surface area is 159 Å². The molecule has 11 heteroatoms. The number of carbonyl (C=O) groups excluding carboxylic acids is 1. The van der Waals surface area contributed by atoms with E-state index < -0.39 is 11.2 Å². The zero-order valence-corrected chi connectivity index (χ0v) is 15.6. The van der Waals surface area contributed by atoms with Gasteiger partial charge in [0.05, 0.1) is 6.33 Å². The number of carbonyl (C=O) groups is 1. The minimum atomic E-state index is -0.463. The predicted octanol–water partition coefficient (Wildman–Crippen LogP) is -1.43. The van der Waals surface area contributed by atoms with Crippen molar-refractivity contribution in [1.29, 1.82) is 0 Å². The highest BCUT2D eigenvalue weighted by Gasteiger charge is 2.24. The Balaban J connectivity index is 1.51. The highest BCUT2D eigenvalue weighted by atomic mass is 16.2. The van der Waals surface area contributed by atoms with Crippen LogP contribution in [-0.4, -0.2) is 65.6 Å². The molecule has 0 saturated carbocycles. The van der Waals surface area contributed by atoms with Crippen molar-refractivity contribution in [3.8, 4) is 0 Å². The van der Waals surface area contributed by atoms with Crippen molar-refractivity contribution in [2.24, 2.45) is 14.1 Å². The second kappa shape index (κ2) is 6.91. The van der Waals surface area contributed by atoms with E-state index in [1.165, 1.54) is 22.5 Å². The van der Waals surface area contributed by atoms with Crippen LogP contribution in [0.2, 0.25) is 0 Å². The lowest BCUT2D eigenvalue weighted by atomic mass is 10.3. The molecular formula is C17H20N8O3. The molecule has 0 bridgehead atoms. The molecule has 0 radical (unpaired) electrons.